The number of rotatable bonds is 4. The van der Waals surface area contributed by atoms with E-state index in [9.17, 15) is 4.79 Å². The second kappa shape index (κ2) is 7.44. The first-order chi connectivity index (χ1) is 12.0. The van der Waals surface area contributed by atoms with E-state index < -0.39 is 0 Å². The van der Waals surface area contributed by atoms with Gasteiger partial charge in [-0.15, -0.1) is 0 Å². The number of nitrogens with zero attached hydrogens (tertiary/aromatic N) is 2. The molecule has 0 aliphatic rings. The van der Waals surface area contributed by atoms with Crippen LogP contribution in [0.2, 0.25) is 0 Å². The molecule has 0 bridgehead atoms. The predicted octanol–water partition coefficient (Wildman–Crippen LogP) is 4.85. The Labute approximate surface area is 154 Å². The van der Waals surface area contributed by atoms with Crippen molar-refractivity contribution in [1.29, 1.82) is 0 Å². The second-order valence-electron chi connectivity index (χ2n) is 5.65. The van der Waals surface area contributed by atoms with Crippen LogP contribution in [0.4, 0.5) is 17.3 Å². The molecule has 3 rings (SSSR count). The molecule has 0 fully saturated rings. The lowest BCUT2D eigenvalue weighted by molar-refractivity contribution is 0.102. The van der Waals surface area contributed by atoms with E-state index in [2.05, 4.69) is 36.5 Å². The zero-order valence-corrected chi connectivity index (χ0v) is 15.5. The van der Waals surface area contributed by atoms with E-state index in [1.807, 2.05) is 56.3 Å². The third-order valence-corrected chi connectivity index (χ3v) is 4.61. The maximum atomic E-state index is 12.3. The fraction of sp³-hybridized carbons (Fsp3) is 0.105. The Morgan fingerprint density at radius 2 is 1.72 bits per heavy atom. The number of aromatic nitrogens is 2. The predicted molar refractivity (Wildman–Crippen MR) is 103 cm³/mol. The summed E-state index contributed by atoms with van der Waals surface area (Å²) in [6.45, 7) is 3.95. The number of para-hydroxylation sites is 1. The lowest BCUT2D eigenvalue weighted by Crippen LogP contribution is -2.13. The van der Waals surface area contributed by atoms with Gasteiger partial charge >= 0.3 is 0 Å². The zero-order valence-electron chi connectivity index (χ0n) is 13.9. The van der Waals surface area contributed by atoms with Crippen molar-refractivity contribution in [1.82, 2.24) is 9.97 Å². The average molecular weight is 397 g/mol. The zero-order chi connectivity index (χ0) is 17.8. The SMILES string of the molecule is Cc1cc(Nc2ncc(C(=O)Nc3ccccc3C)cn2)ccc1Br. The monoisotopic (exact) mass is 396 g/mol. The fourth-order valence-electron chi connectivity index (χ4n) is 2.27. The number of amides is 1. The number of halogens is 1. The largest absolute Gasteiger partial charge is 0.324 e. The molecule has 2 N–H and O–H groups in total. The summed E-state index contributed by atoms with van der Waals surface area (Å²) in [6.07, 6.45) is 3.02. The minimum Gasteiger partial charge on any atom is -0.324 e. The molecule has 0 aliphatic heterocycles. The number of benzene rings is 2. The second-order valence-corrected chi connectivity index (χ2v) is 6.51. The van der Waals surface area contributed by atoms with Gasteiger partial charge in [0, 0.05) is 28.2 Å². The molecule has 3 aromatic rings. The molecule has 1 aromatic heterocycles. The Bertz CT molecular complexity index is 910. The highest BCUT2D eigenvalue weighted by Gasteiger charge is 2.09. The fourth-order valence-corrected chi connectivity index (χ4v) is 2.52. The maximum absolute atomic E-state index is 12.3. The summed E-state index contributed by atoms with van der Waals surface area (Å²) in [5.41, 5.74) is 4.18. The highest BCUT2D eigenvalue weighted by molar-refractivity contribution is 9.10. The molecular formula is C19H17BrN4O. The number of nitrogens with one attached hydrogen (secondary N) is 2. The van der Waals surface area contributed by atoms with Crippen LogP contribution < -0.4 is 10.6 Å². The van der Waals surface area contributed by atoms with Crippen LogP contribution in [0.5, 0.6) is 0 Å². The number of anilines is 3. The van der Waals surface area contributed by atoms with Crippen molar-refractivity contribution in [3.05, 3.63) is 76.0 Å². The minimum atomic E-state index is -0.236. The first kappa shape index (κ1) is 17.1. The highest BCUT2D eigenvalue weighted by Crippen LogP contribution is 2.21. The van der Waals surface area contributed by atoms with Crippen molar-refractivity contribution >= 4 is 39.2 Å². The van der Waals surface area contributed by atoms with E-state index >= 15 is 0 Å². The third kappa shape index (κ3) is 4.22. The molecule has 0 atom stereocenters. The normalized spacial score (nSPS) is 10.4. The van der Waals surface area contributed by atoms with Gasteiger partial charge in [-0.3, -0.25) is 4.79 Å². The van der Waals surface area contributed by atoms with E-state index in [1.165, 1.54) is 12.4 Å². The van der Waals surface area contributed by atoms with Crippen molar-refractivity contribution in [2.75, 3.05) is 10.6 Å². The first-order valence-electron chi connectivity index (χ1n) is 7.75. The topological polar surface area (TPSA) is 66.9 Å². The van der Waals surface area contributed by atoms with E-state index in [1.54, 1.807) is 0 Å². The molecule has 0 saturated heterocycles. The number of carbonyl (C=O) groups is 1. The Morgan fingerprint density at radius 1 is 1.00 bits per heavy atom. The summed E-state index contributed by atoms with van der Waals surface area (Å²) in [6, 6.07) is 13.5. The molecule has 0 spiro atoms. The van der Waals surface area contributed by atoms with Crippen LogP contribution in [0.25, 0.3) is 0 Å². The van der Waals surface area contributed by atoms with Crippen molar-refractivity contribution in [2.24, 2.45) is 0 Å². The molecule has 126 valence electrons. The van der Waals surface area contributed by atoms with Crippen LogP contribution in [-0.2, 0) is 0 Å². The van der Waals surface area contributed by atoms with Gasteiger partial charge in [0.25, 0.3) is 5.91 Å². The smallest absolute Gasteiger partial charge is 0.258 e. The van der Waals surface area contributed by atoms with Crippen molar-refractivity contribution in [3.63, 3.8) is 0 Å². The van der Waals surface area contributed by atoms with Gasteiger partial charge in [-0.05, 0) is 49.2 Å². The Kier molecular flexibility index (Phi) is 5.09. The van der Waals surface area contributed by atoms with Gasteiger partial charge in [-0.2, -0.15) is 0 Å². The van der Waals surface area contributed by atoms with Gasteiger partial charge in [-0.1, -0.05) is 34.1 Å². The molecule has 25 heavy (non-hydrogen) atoms. The standard InChI is InChI=1S/C19H17BrN4O/c1-12-5-3-4-6-17(12)24-18(25)14-10-21-19(22-11-14)23-15-7-8-16(20)13(2)9-15/h3-11H,1-2H3,(H,24,25)(H,21,22,23). The van der Waals surface area contributed by atoms with Crippen LogP contribution in [0.3, 0.4) is 0 Å². The Morgan fingerprint density at radius 3 is 2.40 bits per heavy atom. The molecular weight excluding hydrogens is 380 g/mol. The number of hydrogen-bond donors (Lipinski definition) is 2. The van der Waals surface area contributed by atoms with Crippen LogP contribution in [0.15, 0.2) is 59.3 Å². The quantitative estimate of drug-likeness (QED) is 0.661. The van der Waals surface area contributed by atoms with E-state index in [-0.39, 0.29) is 5.91 Å². The van der Waals surface area contributed by atoms with Crippen molar-refractivity contribution in [3.8, 4) is 0 Å². The third-order valence-electron chi connectivity index (χ3n) is 3.72. The Balaban J connectivity index is 1.70. The molecule has 0 radical (unpaired) electrons. The van der Waals surface area contributed by atoms with Crippen LogP contribution in [0.1, 0.15) is 21.5 Å². The molecule has 0 aliphatic carbocycles. The summed E-state index contributed by atoms with van der Waals surface area (Å²) < 4.78 is 1.04. The molecule has 2 aromatic carbocycles. The summed E-state index contributed by atoms with van der Waals surface area (Å²) in [4.78, 5) is 20.7. The van der Waals surface area contributed by atoms with Crippen molar-refractivity contribution < 1.29 is 4.79 Å². The van der Waals surface area contributed by atoms with Crippen LogP contribution in [0, 0.1) is 13.8 Å². The maximum Gasteiger partial charge on any atom is 0.258 e. The summed E-state index contributed by atoms with van der Waals surface area (Å²) in [5.74, 6) is 0.203. The van der Waals surface area contributed by atoms with Crippen molar-refractivity contribution in [2.45, 2.75) is 13.8 Å². The van der Waals surface area contributed by atoms with E-state index in [0.29, 0.717) is 11.5 Å². The number of carbonyl (C=O) groups excluding carboxylic acids is 1. The first-order valence-corrected chi connectivity index (χ1v) is 8.54. The van der Waals surface area contributed by atoms with Gasteiger partial charge < -0.3 is 10.6 Å². The van der Waals surface area contributed by atoms with E-state index in [0.717, 1.165) is 27.0 Å². The Hall–Kier alpha value is -2.73. The highest BCUT2D eigenvalue weighted by atomic mass is 79.9. The van der Waals surface area contributed by atoms with Gasteiger partial charge in [0.15, 0.2) is 0 Å². The van der Waals surface area contributed by atoms with Crippen LogP contribution >= 0.6 is 15.9 Å². The van der Waals surface area contributed by atoms with E-state index in [4.69, 9.17) is 0 Å². The lowest BCUT2D eigenvalue weighted by atomic mass is 10.2. The van der Waals surface area contributed by atoms with Gasteiger partial charge in [0.2, 0.25) is 5.95 Å². The summed E-state index contributed by atoms with van der Waals surface area (Å²) in [7, 11) is 0. The average Bonchev–Trinajstić information content (AvgIpc) is 2.61. The minimum absolute atomic E-state index is 0.236. The van der Waals surface area contributed by atoms with Gasteiger partial charge in [0.05, 0.1) is 5.56 Å². The lowest BCUT2D eigenvalue weighted by Gasteiger charge is -2.09. The molecule has 1 heterocycles. The van der Waals surface area contributed by atoms with Gasteiger partial charge in [-0.25, -0.2) is 9.97 Å². The summed E-state index contributed by atoms with van der Waals surface area (Å²) in [5, 5.41) is 5.99. The van der Waals surface area contributed by atoms with Crippen LogP contribution in [-0.4, -0.2) is 15.9 Å². The number of aryl methyl sites for hydroxylation is 2. The molecule has 5 nitrogen and oxygen atoms in total. The molecule has 1 amide bonds. The summed E-state index contributed by atoms with van der Waals surface area (Å²) >= 11 is 3.47. The number of hydrogen-bond acceptors (Lipinski definition) is 4. The molecule has 6 heteroatoms. The molecule has 0 unspecified atom stereocenters. The molecule has 0 saturated carbocycles. The van der Waals surface area contributed by atoms with Gasteiger partial charge in [0.1, 0.15) is 0 Å².